The van der Waals surface area contributed by atoms with E-state index in [-0.39, 0.29) is 17.1 Å². The van der Waals surface area contributed by atoms with E-state index in [1.54, 1.807) is 11.3 Å². The van der Waals surface area contributed by atoms with Gasteiger partial charge in [-0.05, 0) is 91.1 Å². The Balaban J connectivity index is 1.11. The monoisotopic (exact) mass is 641 g/mol. The Hall–Kier alpha value is -5.05. The number of aliphatic hydroxyl groups is 1. The normalized spacial score (nSPS) is 12.7. The first-order valence-corrected chi connectivity index (χ1v) is 16.4. The van der Waals surface area contributed by atoms with Crippen molar-refractivity contribution < 1.29 is 14.6 Å². The Bertz CT molecular complexity index is 2120. The molecule has 228 valence electrons. The van der Waals surface area contributed by atoms with Gasteiger partial charge in [0.15, 0.2) is 11.2 Å². The van der Waals surface area contributed by atoms with Gasteiger partial charge in [-0.1, -0.05) is 60.7 Å². The van der Waals surface area contributed by atoms with E-state index in [0.717, 1.165) is 72.1 Å². The Morgan fingerprint density at radius 2 is 1.50 bits per heavy atom. The number of fused-ring (bicyclic) bond motifs is 2. The number of pyridine rings is 1. The zero-order valence-electron chi connectivity index (χ0n) is 25.3. The summed E-state index contributed by atoms with van der Waals surface area (Å²) in [5.74, 6) is 2.00. The fourth-order valence-corrected chi connectivity index (χ4v) is 6.87. The van der Waals surface area contributed by atoms with Gasteiger partial charge in [0.05, 0.1) is 28.2 Å². The molecule has 3 heterocycles. The minimum Gasteiger partial charge on any atom is -0.502 e. The maximum Gasteiger partial charge on any atom is 0.164 e. The summed E-state index contributed by atoms with van der Waals surface area (Å²) in [5, 5.41) is 13.5. The molecule has 2 N–H and O–H groups in total. The van der Waals surface area contributed by atoms with E-state index >= 15 is 0 Å². The highest BCUT2D eigenvalue weighted by Crippen LogP contribution is 2.44. The number of H-pyrrole nitrogens is 1. The van der Waals surface area contributed by atoms with Gasteiger partial charge in [0.25, 0.3) is 0 Å². The number of thiophene rings is 1. The number of thiocarbonyl (C=S) groups is 1. The fraction of sp³-hybridized carbons (Fsp3) is 0.132. The highest BCUT2D eigenvalue weighted by atomic mass is 32.1. The molecule has 6 nitrogen and oxygen atoms in total. The Labute approximate surface area is 276 Å². The van der Waals surface area contributed by atoms with Crippen LogP contribution in [0.15, 0.2) is 115 Å². The summed E-state index contributed by atoms with van der Waals surface area (Å²) in [4.78, 5) is 13.7. The zero-order chi connectivity index (χ0) is 31.6. The van der Waals surface area contributed by atoms with Crippen molar-refractivity contribution in [3.63, 3.8) is 0 Å². The summed E-state index contributed by atoms with van der Waals surface area (Å²) in [6.07, 6.45) is -0.245. The Kier molecular flexibility index (Phi) is 8.22. The van der Waals surface area contributed by atoms with Crippen LogP contribution in [0.1, 0.15) is 42.3 Å². The van der Waals surface area contributed by atoms with Gasteiger partial charge in [-0.15, -0.1) is 11.3 Å². The number of para-hydroxylation sites is 3. The van der Waals surface area contributed by atoms with Gasteiger partial charge in [0, 0.05) is 21.4 Å². The number of imidazole rings is 1. The second kappa shape index (κ2) is 12.7. The number of nitrogens with zero attached hydrogens (tertiary/aromatic N) is 2. The van der Waals surface area contributed by atoms with Gasteiger partial charge in [-0.2, -0.15) is 0 Å². The third-order valence-electron chi connectivity index (χ3n) is 8.04. The lowest BCUT2D eigenvalue weighted by atomic mass is 9.93. The molecule has 7 rings (SSSR count). The molecule has 0 radical (unpaired) electrons. The minimum atomic E-state index is -0.286. The number of hydrogen-bond acceptors (Lipinski definition) is 6. The van der Waals surface area contributed by atoms with Crippen LogP contribution in [0.2, 0.25) is 0 Å². The summed E-state index contributed by atoms with van der Waals surface area (Å²) in [5.41, 5.74) is 7.89. The molecular weight excluding hydrogens is 611 g/mol. The maximum absolute atomic E-state index is 10.3. The van der Waals surface area contributed by atoms with Crippen molar-refractivity contribution in [1.29, 1.82) is 0 Å². The molecule has 3 aromatic heterocycles. The third-order valence-corrected chi connectivity index (χ3v) is 9.56. The summed E-state index contributed by atoms with van der Waals surface area (Å²) in [6, 6.07) is 36.2. The van der Waals surface area contributed by atoms with E-state index in [1.165, 1.54) is 0 Å². The van der Waals surface area contributed by atoms with Crippen LogP contribution in [0.4, 0.5) is 0 Å². The van der Waals surface area contributed by atoms with Crippen LogP contribution < -0.4 is 9.47 Å². The zero-order valence-corrected chi connectivity index (χ0v) is 26.9. The number of hydrogen-bond donors (Lipinski definition) is 2. The first kappa shape index (κ1) is 29.6. The van der Waals surface area contributed by atoms with Crippen LogP contribution in [0.5, 0.6) is 11.5 Å². The lowest BCUT2D eigenvalue weighted by molar-refractivity contribution is 0.218. The Morgan fingerprint density at radius 1 is 0.804 bits per heavy atom. The molecule has 0 amide bonds. The summed E-state index contributed by atoms with van der Waals surface area (Å²) in [7, 11) is 0. The second-order valence-electron chi connectivity index (χ2n) is 11.2. The molecule has 46 heavy (non-hydrogen) atoms. The van der Waals surface area contributed by atoms with Crippen LogP contribution in [0.25, 0.3) is 44.2 Å². The van der Waals surface area contributed by atoms with Crippen molar-refractivity contribution in [1.82, 2.24) is 15.0 Å². The second-order valence-corrected chi connectivity index (χ2v) is 12.5. The average Bonchev–Trinajstić information content (AvgIpc) is 3.73. The Morgan fingerprint density at radius 3 is 2.26 bits per heavy atom. The average molecular weight is 642 g/mol. The largest absolute Gasteiger partial charge is 0.502 e. The van der Waals surface area contributed by atoms with E-state index in [2.05, 4.69) is 51.7 Å². The number of benzene rings is 4. The smallest absolute Gasteiger partial charge is 0.164 e. The molecule has 0 aliphatic heterocycles. The van der Waals surface area contributed by atoms with Crippen molar-refractivity contribution in [2.24, 2.45) is 0 Å². The molecule has 0 aliphatic rings. The lowest BCUT2D eigenvalue weighted by Crippen LogP contribution is -2.05. The van der Waals surface area contributed by atoms with Gasteiger partial charge in [0.2, 0.25) is 0 Å². The standard InChI is InChI=1S/C38H31N3O3S2/c1-23(38(42)45)36-35(27-14-17-29(18-15-27)43-21-28-16-11-26-7-3-4-8-32(26)39-28)31(22-46-36)25-12-19-30(20-13-25)44-24(2)37-40-33-9-5-6-10-34(33)41-37/h3-20,22-24H,21H2,1-2H3,(H,40,41)(H,42,45). The van der Waals surface area contributed by atoms with Crippen LogP contribution in [-0.4, -0.2) is 25.1 Å². The summed E-state index contributed by atoms with van der Waals surface area (Å²) < 4.78 is 12.3. The van der Waals surface area contributed by atoms with Gasteiger partial charge in [-0.25, -0.2) is 9.97 Å². The number of rotatable bonds is 10. The SMILES string of the molecule is CC(Oc1ccc(-c2csc(C(C)C(O)=S)c2-c2ccc(OCc3ccc4ccccc4n3)cc2)cc1)c1nc2ccccc2[nH]1. The highest BCUT2D eigenvalue weighted by Gasteiger charge is 2.22. The van der Waals surface area contributed by atoms with Crippen molar-refractivity contribution >= 4 is 50.5 Å². The van der Waals surface area contributed by atoms with E-state index in [0.29, 0.717) is 6.61 Å². The quantitative estimate of drug-likeness (QED) is 0.145. The van der Waals surface area contributed by atoms with E-state index in [9.17, 15) is 5.11 Å². The third kappa shape index (κ3) is 6.09. The van der Waals surface area contributed by atoms with Gasteiger partial charge in [-0.3, -0.25) is 0 Å². The van der Waals surface area contributed by atoms with Crippen LogP contribution >= 0.6 is 23.6 Å². The number of nitrogens with one attached hydrogen (secondary N) is 1. The molecule has 0 bridgehead atoms. The molecule has 0 saturated heterocycles. The molecule has 0 spiro atoms. The molecule has 0 saturated carbocycles. The highest BCUT2D eigenvalue weighted by molar-refractivity contribution is 7.80. The predicted molar refractivity (Wildman–Crippen MR) is 190 cm³/mol. The predicted octanol–water partition coefficient (Wildman–Crippen LogP) is 10.2. The van der Waals surface area contributed by atoms with E-state index in [4.69, 9.17) is 26.7 Å². The molecule has 2 unspecified atom stereocenters. The molecule has 0 fully saturated rings. The van der Waals surface area contributed by atoms with Gasteiger partial charge < -0.3 is 19.6 Å². The van der Waals surface area contributed by atoms with Crippen molar-refractivity contribution in [2.45, 2.75) is 32.5 Å². The van der Waals surface area contributed by atoms with Crippen molar-refractivity contribution in [2.75, 3.05) is 0 Å². The summed E-state index contributed by atoms with van der Waals surface area (Å²) >= 11 is 6.80. The number of aromatic nitrogens is 3. The number of ether oxygens (including phenoxy) is 2. The molecule has 8 heteroatoms. The number of aromatic amines is 1. The molecule has 0 aliphatic carbocycles. The van der Waals surface area contributed by atoms with Gasteiger partial charge >= 0.3 is 0 Å². The fourth-order valence-electron chi connectivity index (χ4n) is 5.52. The molecule has 2 atom stereocenters. The molecule has 4 aromatic carbocycles. The molecular formula is C38H31N3O3S2. The van der Waals surface area contributed by atoms with Gasteiger partial charge in [0.1, 0.15) is 23.9 Å². The van der Waals surface area contributed by atoms with Crippen LogP contribution in [-0.2, 0) is 6.61 Å². The first-order valence-electron chi connectivity index (χ1n) is 15.1. The summed E-state index contributed by atoms with van der Waals surface area (Å²) in [6.45, 7) is 4.30. The van der Waals surface area contributed by atoms with Crippen molar-refractivity contribution in [3.05, 3.63) is 131 Å². The van der Waals surface area contributed by atoms with E-state index < -0.39 is 0 Å². The minimum absolute atomic E-state index is 0.0270. The topological polar surface area (TPSA) is 80.3 Å². The lowest BCUT2D eigenvalue weighted by Gasteiger charge is -2.15. The number of aliphatic hydroxyl groups excluding tert-OH is 1. The van der Waals surface area contributed by atoms with Crippen LogP contribution in [0, 0.1) is 0 Å². The van der Waals surface area contributed by atoms with Crippen molar-refractivity contribution in [3.8, 4) is 33.8 Å². The van der Waals surface area contributed by atoms with Crippen LogP contribution in [0.3, 0.4) is 0 Å². The molecule has 7 aromatic rings. The maximum atomic E-state index is 10.3. The van der Waals surface area contributed by atoms with E-state index in [1.807, 2.05) is 86.6 Å². The first-order chi connectivity index (χ1) is 22.4.